The summed E-state index contributed by atoms with van der Waals surface area (Å²) in [6.07, 6.45) is 4.86. The predicted molar refractivity (Wildman–Crippen MR) is 257 cm³/mol. The Morgan fingerprint density at radius 1 is 0.971 bits per heavy atom. The summed E-state index contributed by atoms with van der Waals surface area (Å²) in [6, 6.07) is 11.8. The second-order valence-corrected chi connectivity index (χ2v) is 19.9. The second-order valence-electron chi connectivity index (χ2n) is 19.9. The van der Waals surface area contributed by atoms with Gasteiger partial charge in [0.25, 0.3) is 0 Å². The van der Waals surface area contributed by atoms with Gasteiger partial charge in [0.2, 0.25) is 5.91 Å². The summed E-state index contributed by atoms with van der Waals surface area (Å²) < 4.78 is 18.8. The molecule has 1 amide bonds. The molecule has 6 heterocycles. The first-order valence-corrected chi connectivity index (χ1v) is 24.3. The van der Waals surface area contributed by atoms with Crippen LogP contribution in [0.4, 0.5) is 5.69 Å². The number of carbonyl (C=O) groups is 5. The van der Waals surface area contributed by atoms with Gasteiger partial charge >= 0.3 is 23.9 Å². The van der Waals surface area contributed by atoms with Gasteiger partial charge in [-0.15, -0.1) is 0 Å². The minimum absolute atomic E-state index is 0.0492. The maximum absolute atomic E-state index is 15.3. The Bertz CT molecular complexity index is 2610. The summed E-state index contributed by atoms with van der Waals surface area (Å²) in [5, 5.41) is 50.4. The van der Waals surface area contributed by atoms with Crippen molar-refractivity contribution in [2.24, 2.45) is 11.3 Å². The third-order valence-electron chi connectivity index (χ3n) is 16.2. The van der Waals surface area contributed by atoms with Gasteiger partial charge < -0.3 is 54.9 Å². The van der Waals surface area contributed by atoms with Gasteiger partial charge in [-0.05, 0) is 67.8 Å². The lowest BCUT2D eigenvalue weighted by atomic mass is 9.47. The molecule has 70 heavy (non-hydrogen) atoms. The SMILES string of the molecule is CCCC(=O)NC[C@@]1(O)[C@H](OC(C)=O)[C@]2(CC)C=CCN3CC[C@@]4(c5cc([C@@]6(C(=O)OC)C[C@@H]7C=C(CC)CN(Cc8c6[nH]c6ccccc86)C7)c(OC)cc5N(C)[C@@H]14)[C@@H]32.O=C(O)C(O)C(O)C(=O)O. The molecule has 1 aromatic heterocycles. The number of aromatic nitrogens is 1. The van der Waals surface area contributed by atoms with Crippen LogP contribution in [-0.2, 0) is 50.8 Å². The van der Waals surface area contributed by atoms with E-state index in [1.807, 2.05) is 20.0 Å². The van der Waals surface area contributed by atoms with E-state index in [-0.39, 0.29) is 30.4 Å². The summed E-state index contributed by atoms with van der Waals surface area (Å²) in [5.74, 6) is -3.94. The van der Waals surface area contributed by atoms with E-state index >= 15 is 4.79 Å². The Balaban J connectivity index is 0.000000595. The first-order valence-electron chi connectivity index (χ1n) is 24.3. The van der Waals surface area contributed by atoms with E-state index < -0.39 is 64.1 Å². The van der Waals surface area contributed by atoms with Crippen molar-refractivity contribution in [3.05, 3.63) is 82.6 Å². The summed E-state index contributed by atoms with van der Waals surface area (Å²) in [5.41, 5.74) is 2.30. The van der Waals surface area contributed by atoms with Gasteiger partial charge in [0.1, 0.15) is 22.9 Å². The predicted octanol–water partition coefficient (Wildman–Crippen LogP) is 3.37. The number of hydrogen-bond acceptors (Lipinski definition) is 14. The van der Waals surface area contributed by atoms with E-state index in [4.69, 9.17) is 34.6 Å². The van der Waals surface area contributed by atoms with Crippen molar-refractivity contribution >= 4 is 46.4 Å². The summed E-state index contributed by atoms with van der Waals surface area (Å²) in [7, 11) is 5.14. The summed E-state index contributed by atoms with van der Waals surface area (Å²) in [4.78, 5) is 72.2. The van der Waals surface area contributed by atoms with E-state index in [0.29, 0.717) is 44.4 Å². The molecular weight excluding hydrogens is 903 g/mol. The molecule has 3 aromatic rings. The molecule has 18 heteroatoms. The van der Waals surface area contributed by atoms with Crippen molar-refractivity contribution in [3.63, 3.8) is 0 Å². The molecule has 1 saturated carbocycles. The molecular formula is C52H67N5O13. The Kier molecular flexibility index (Phi) is 13.8. The maximum Gasteiger partial charge on any atom is 0.335 e. The molecule has 2 bridgehead atoms. The molecule has 3 unspecified atom stereocenters. The number of H-pyrrole nitrogens is 1. The Labute approximate surface area is 407 Å². The number of ether oxygens (including phenoxy) is 3. The number of para-hydroxylation sites is 1. The van der Waals surface area contributed by atoms with Gasteiger partial charge in [-0.25, -0.2) is 9.59 Å². The number of nitrogens with one attached hydrogen (secondary N) is 2. The Morgan fingerprint density at radius 3 is 2.31 bits per heavy atom. The fraction of sp³-hybridized carbons (Fsp3) is 0.558. The number of aromatic amines is 1. The van der Waals surface area contributed by atoms with E-state index in [1.165, 1.54) is 19.6 Å². The molecule has 7 N–H and O–H groups in total. The van der Waals surface area contributed by atoms with Gasteiger partial charge in [0, 0.05) is 97.4 Å². The molecule has 0 radical (unpaired) electrons. The molecule has 2 aromatic carbocycles. The number of methoxy groups -OCH3 is 2. The van der Waals surface area contributed by atoms with Gasteiger partial charge in [0.05, 0.1) is 26.8 Å². The number of fused-ring (bicyclic) bond motifs is 6. The zero-order chi connectivity index (χ0) is 50.7. The van der Waals surface area contributed by atoms with Crippen LogP contribution in [0, 0.1) is 11.3 Å². The third kappa shape index (κ3) is 7.77. The van der Waals surface area contributed by atoms with Crippen molar-refractivity contribution in [1.29, 1.82) is 0 Å². The number of carboxylic acids is 2. The van der Waals surface area contributed by atoms with E-state index in [2.05, 4.69) is 87.4 Å². The van der Waals surface area contributed by atoms with Crippen molar-refractivity contribution in [2.75, 3.05) is 58.9 Å². The van der Waals surface area contributed by atoms with Gasteiger partial charge in [-0.2, -0.15) is 0 Å². The number of esters is 2. The van der Waals surface area contributed by atoms with Crippen LogP contribution in [0.5, 0.6) is 5.75 Å². The highest BCUT2D eigenvalue weighted by Crippen LogP contribution is 2.68. The number of hydrogen-bond donors (Lipinski definition) is 7. The van der Waals surface area contributed by atoms with Crippen LogP contribution in [0.15, 0.2) is 60.2 Å². The monoisotopic (exact) mass is 969 g/mol. The Hall–Kier alpha value is -5.79. The number of carbonyl (C=O) groups excluding carboxylic acids is 3. The summed E-state index contributed by atoms with van der Waals surface area (Å²) >= 11 is 0. The van der Waals surface area contributed by atoms with E-state index in [9.17, 15) is 24.3 Å². The molecule has 5 aliphatic heterocycles. The average Bonchev–Trinajstić information content (AvgIpc) is 3.99. The number of aliphatic carboxylic acids is 2. The zero-order valence-electron chi connectivity index (χ0n) is 41.0. The molecule has 1 spiro atoms. The number of likely N-dealkylation sites (N-methyl/N-ethyl adjacent to an activating group) is 1. The van der Waals surface area contributed by atoms with Crippen LogP contribution in [0.25, 0.3) is 10.9 Å². The van der Waals surface area contributed by atoms with Crippen LogP contribution in [-0.4, -0.2) is 160 Å². The number of benzene rings is 2. The topological polar surface area (TPSA) is 252 Å². The average molecular weight is 970 g/mol. The lowest BCUT2D eigenvalue weighted by Gasteiger charge is -2.64. The molecule has 6 aliphatic rings. The van der Waals surface area contributed by atoms with Gasteiger partial charge in [-0.3, -0.25) is 24.2 Å². The fourth-order valence-corrected chi connectivity index (χ4v) is 13.6. The number of anilines is 1. The minimum atomic E-state index is -2.27. The molecule has 1 aliphatic carbocycles. The number of amides is 1. The highest BCUT2D eigenvalue weighted by atomic mass is 16.6. The fourth-order valence-electron chi connectivity index (χ4n) is 13.6. The van der Waals surface area contributed by atoms with Crippen molar-refractivity contribution in [2.45, 2.75) is 120 Å². The van der Waals surface area contributed by atoms with Crippen LogP contribution in [0.3, 0.4) is 0 Å². The van der Waals surface area contributed by atoms with Crippen molar-refractivity contribution in [3.8, 4) is 5.75 Å². The van der Waals surface area contributed by atoms with E-state index in [0.717, 1.165) is 71.6 Å². The van der Waals surface area contributed by atoms with Crippen molar-refractivity contribution in [1.82, 2.24) is 20.1 Å². The smallest absolute Gasteiger partial charge is 0.335 e. The number of nitrogens with zero attached hydrogens (tertiary/aromatic N) is 3. The molecule has 378 valence electrons. The largest absolute Gasteiger partial charge is 0.496 e. The lowest BCUT2D eigenvalue weighted by molar-refractivity contribution is -0.217. The van der Waals surface area contributed by atoms with Crippen molar-refractivity contribution < 1.29 is 63.7 Å². The number of carboxylic acid groups (broad SMARTS) is 2. The third-order valence-corrected chi connectivity index (χ3v) is 16.2. The Morgan fingerprint density at radius 2 is 1.69 bits per heavy atom. The summed E-state index contributed by atoms with van der Waals surface area (Å²) in [6.45, 7) is 11.4. The van der Waals surface area contributed by atoms with Crippen LogP contribution in [0.1, 0.15) is 88.6 Å². The highest BCUT2D eigenvalue weighted by molar-refractivity contribution is 5.94. The molecule has 2 fully saturated rings. The van der Waals surface area contributed by atoms with Gasteiger partial charge in [0.15, 0.2) is 12.2 Å². The lowest BCUT2D eigenvalue weighted by Crippen LogP contribution is -2.81. The highest BCUT2D eigenvalue weighted by Gasteiger charge is 2.78. The molecule has 1 saturated heterocycles. The normalized spacial score (nSPS) is 31.2. The second kappa shape index (κ2) is 19.1. The molecule has 18 nitrogen and oxygen atoms in total. The van der Waals surface area contributed by atoms with Crippen LogP contribution >= 0.6 is 0 Å². The quantitative estimate of drug-likeness (QED) is 0.0958. The molecule has 11 atom stereocenters. The van der Waals surface area contributed by atoms with E-state index in [1.54, 1.807) is 7.11 Å². The van der Waals surface area contributed by atoms with Gasteiger partial charge in [-0.1, -0.05) is 62.8 Å². The first-order chi connectivity index (χ1) is 33.3. The standard InChI is InChI=1S/C48H61N5O7.C4H6O6/c1-8-14-39(55)49-28-48(57)42-46(18-20-53-19-13-17-45(10-3,41(46)53)43(48)60-29(4)54)34-22-35(38(58-6)23-37(34)51(42)5)47(44(56)59-7)24-31-21-30(9-2)25-52(26-31)27-33-32-15-11-12-16-36(32)50-40(33)47;5-1(3(7)8)2(6)4(9)10/h11-13,15-17,21-23,31,41-43,50,57H,8-10,14,18-20,24-28H2,1-7H3,(H,49,55);1-2,5-6H,(H,7,8)(H,9,10)/t31-,41-,42+,43+,45+,46+,47-,48-;/m0./s1. The maximum atomic E-state index is 15.3. The van der Waals surface area contributed by atoms with Crippen LogP contribution < -0.4 is 15.0 Å². The zero-order valence-corrected chi connectivity index (χ0v) is 41.0. The van der Waals surface area contributed by atoms with Crippen LogP contribution in [0.2, 0.25) is 0 Å². The first kappa shape index (κ1) is 50.6. The number of aliphatic hydroxyl groups is 3. The number of aliphatic hydroxyl groups excluding tert-OH is 2. The number of rotatable bonds is 13. The molecule has 9 rings (SSSR count). The minimum Gasteiger partial charge on any atom is -0.496 e.